The summed E-state index contributed by atoms with van der Waals surface area (Å²) < 4.78 is 15.8. The van der Waals surface area contributed by atoms with Crippen LogP contribution in [0.15, 0.2) is 69.6 Å². The predicted molar refractivity (Wildman–Crippen MR) is 116 cm³/mol. The van der Waals surface area contributed by atoms with Crippen LogP contribution >= 0.6 is 22.9 Å². The zero-order valence-electron chi connectivity index (χ0n) is 15.5. The number of nitrogens with one attached hydrogen (secondary N) is 1. The summed E-state index contributed by atoms with van der Waals surface area (Å²) in [4.78, 5) is 38.5. The fraction of sp³-hybridized carbons (Fsp3) is 0.0952. The fourth-order valence-electron chi connectivity index (χ4n) is 3.10. The van der Waals surface area contributed by atoms with E-state index in [9.17, 15) is 18.8 Å². The number of rotatable bonds is 5. The van der Waals surface area contributed by atoms with Crippen molar-refractivity contribution in [3.63, 3.8) is 0 Å². The van der Waals surface area contributed by atoms with Gasteiger partial charge in [-0.3, -0.25) is 18.7 Å². The summed E-state index contributed by atoms with van der Waals surface area (Å²) in [6, 6.07) is 13.9. The lowest BCUT2D eigenvalue weighted by molar-refractivity contribution is -0.116. The first-order valence-electron chi connectivity index (χ1n) is 8.93. The van der Waals surface area contributed by atoms with E-state index >= 15 is 0 Å². The lowest BCUT2D eigenvalue weighted by atomic mass is 10.2. The smallest absolute Gasteiger partial charge is 0.325 e. The van der Waals surface area contributed by atoms with Crippen molar-refractivity contribution >= 4 is 44.7 Å². The number of fused-ring (bicyclic) bond motifs is 1. The van der Waals surface area contributed by atoms with Crippen molar-refractivity contribution in [3.05, 3.63) is 97.2 Å². The third kappa shape index (κ3) is 3.92. The molecule has 0 aliphatic carbocycles. The molecule has 0 fully saturated rings. The van der Waals surface area contributed by atoms with E-state index in [2.05, 4.69) is 5.32 Å². The Morgan fingerprint density at radius 2 is 1.77 bits per heavy atom. The van der Waals surface area contributed by atoms with Gasteiger partial charge in [0.2, 0.25) is 5.91 Å². The van der Waals surface area contributed by atoms with Gasteiger partial charge >= 0.3 is 5.69 Å². The zero-order chi connectivity index (χ0) is 21.3. The molecule has 0 radical (unpaired) electrons. The van der Waals surface area contributed by atoms with Crippen molar-refractivity contribution < 1.29 is 9.18 Å². The molecule has 2 heterocycles. The molecule has 2 aromatic heterocycles. The summed E-state index contributed by atoms with van der Waals surface area (Å²) in [6.07, 6.45) is 0. The third-order valence-electron chi connectivity index (χ3n) is 4.55. The second-order valence-electron chi connectivity index (χ2n) is 6.54. The number of anilines is 1. The molecule has 0 saturated heterocycles. The highest BCUT2D eigenvalue weighted by Gasteiger charge is 2.17. The highest BCUT2D eigenvalue weighted by Crippen LogP contribution is 2.18. The van der Waals surface area contributed by atoms with Gasteiger partial charge in [-0.05, 0) is 47.3 Å². The van der Waals surface area contributed by atoms with Crippen LogP contribution in [-0.2, 0) is 17.9 Å². The number of hydrogen-bond donors (Lipinski definition) is 1. The highest BCUT2D eigenvalue weighted by molar-refractivity contribution is 7.17. The first kappa shape index (κ1) is 20.1. The minimum absolute atomic E-state index is 0.00917. The van der Waals surface area contributed by atoms with Crippen LogP contribution < -0.4 is 16.6 Å². The van der Waals surface area contributed by atoms with Crippen molar-refractivity contribution in [2.24, 2.45) is 0 Å². The summed E-state index contributed by atoms with van der Waals surface area (Å²) in [5, 5.41) is 4.76. The minimum Gasteiger partial charge on any atom is -0.325 e. The molecule has 0 saturated carbocycles. The number of hydrogen-bond acceptors (Lipinski definition) is 4. The molecule has 1 N–H and O–H groups in total. The van der Waals surface area contributed by atoms with Gasteiger partial charge in [0.1, 0.15) is 17.1 Å². The number of thiophene rings is 1. The van der Waals surface area contributed by atoms with E-state index in [4.69, 9.17) is 11.6 Å². The van der Waals surface area contributed by atoms with Crippen molar-refractivity contribution in [2.45, 2.75) is 13.1 Å². The standard InChI is InChI=1S/C21H15ClFN3O3S/c22-16-4-2-1-3-13(16)11-26-20(28)19-17(9-10-30-19)25(21(26)29)12-18(27)24-15-7-5-14(23)6-8-15/h1-10H,11-12H2,(H,24,27). The molecule has 30 heavy (non-hydrogen) atoms. The largest absolute Gasteiger partial charge is 0.332 e. The van der Waals surface area contributed by atoms with Crippen LogP contribution in [0.2, 0.25) is 5.02 Å². The van der Waals surface area contributed by atoms with E-state index in [1.165, 1.54) is 40.2 Å². The zero-order valence-corrected chi connectivity index (χ0v) is 17.0. The molecule has 0 bridgehead atoms. The maximum absolute atomic E-state index is 13.1. The average Bonchev–Trinajstić information content (AvgIpc) is 3.21. The lowest BCUT2D eigenvalue weighted by Gasteiger charge is -2.13. The molecular formula is C21H15ClFN3O3S. The van der Waals surface area contributed by atoms with Gasteiger partial charge in [-0.25, -0.2) is 9.18 Å². The van der Waals surface area contributed by atoms with Crippen LogP contribution in [0, 0.1) is 5.82 Å². The van der Waals surface area contributed by atoms with E-state index in [0.29, 0.717) is 26.5 Å². The lowest BCUT2D eigenvalue weighted by Crippen LogP contribution is -2.41. The number of carbonyl (C=O) groups excluding carboxylic acids is 1. The summed E-state index contributed by atoms with van der Waals surface area (Å²) in [5.41, 5.74) is 0.372. The molecule has 2 aromatic carbocycles. The van der Waals surface area contributed by atoms with Crippen molar-refractivity contribution in [1.29, 1.82) is 0 Å². The quantitative estimate of drug-likeness (QED) is 0.511. The monoisotopic (exact) mass is 443 g/mol. The Balaban J connectivity index is 1.72. The maximum atomic E-state index is 13.1. The van der Waals surface area contributed by atoms with Crippen LogP contribution in [0.25, 0.3) is 10.2 Å². The van der Waals surface area contributed by atoms with Crippen LogP contribution in [0.3, 0.4) is 0 Å². The number of benzene rings is 2. The van der Waals surface area contributed by atoms with Gasteiger partial charge in [-0.2, -0.15) is 0 Å². The van der Waals surface area contributed by atoms with Crippen LogP contribution in [-0.4, -0.2) is 15.0 Å². The maximum Gasteiger partial charge on any atom is 0.332 e. The number of nitrogens with zero attached hydrogens (tertiary/aromatic N) is 2. The van der Waals surface area contributed by atoms with Crippen molar-refractivity contribution in [1.82, 2.24) is 9.13 Å². The van der Waals surface area contributed by atoms with Crippen LogP contribution in [0.5, 0.6) is 0 Å². The van der Waals surface area contributed by atoms with Crippen molar-refractivity contribution in [3.8, 4) is 0 Å². The van der Waals surface area contributed by atoms with E-state index in [1.807, 2.05) is 0 Å². The summed E-state index contributed by atoms with van der Waals surface area (Å²) in [6.45, 7) is -0.309. The number of carbonyl (C=O) groups is 1. The summed E-state index contributed by atoms with van der Waals surface area (Å²) >= 11 is 7.39. The number of aromatic nitrogens is 2. The Hall–Kier alpha value is -3.23. The third-order valence-corrected chi connectivity index (χ3v) is 5.81. The SMILES string of the molecule is O=C(Cn1c(=O)n(Cc2ccccc2Cl)c(=O)c2sccc21)Nc1ccc(F)cc1. The molecule has 6 nitrogen and oxygen atoms in total. The van der Waals surface area contributed by atoms with Gasteiger partial charge in [0, 0.05) is 10.7 Å². The normalized spacial score (nSPS) is 11.0. The molecule has 152 valence electrons. The van der Waals surface area contributed by atoms with Crippen LogP contribution in [0.1, 0.15) is 5.56 Å². The molecule has 0 unspecified atom stereocenters. The van der Waals surface area contributed by atoms with Crippen molar-refractivity contribution in [2.75, 3.05) is 5.32 Å². The van der Waals surface area contributed by atoms with Gasteiger partial charge in [-0.15, -0.1) is 11.3 Å². The summed E-state index contributed by atoms with van der Waals surface area (Å²) in [7, 11) is 0. The van der Waals surface area contributed by atoms with Gasteiger partial charge in [0.15, 0.2) is 0 Å². The van der Waals surface area contributed by atoms with E-state index in [1.54, 1.807) is 35.7 Å². The first-order valence-corrected chi connectivity index (χ1v) is 10.2. The molecule has 9 heteroatoms. The molecule has 4 rings (SSSR count). The van der Waals surface area contributed by atoms with Gasteiger partial charge in [-0.1, -0.05) is 29.8 Å². The molecule has 1 amide bonds. The Morgan fingerprint density at radius 1 is 1.03 bits per heavy atom. The molecule has 0 aliphatic heterocycles. The fourth-order valence-corrected chi connectivity index (χ4v) is 4.14. The number of halogens is 2. The Bertz CT molecular complexity index is 1360. The Morgan fingerprint density at radius 3 is 2.50 bits per heavy atom. The van der Waals surface area contributed by atoms with Gasteiger partial charge in [0.05, 0.1) is 12.1 Å². The topological polar surface area (TPSA) is 73.1 Å². The van der Waals surface area contributed by atoms with E-state index < -0.39 is 23.0 Å². The molecule has 0 spiro atoms. The Kier molecular flexibility index (Phi) is 5.52. The van der Waals surface area contributed by atoms with Gasteiger partial charge in [0.25, 0.3) is 5.56 Å². The minimum atomic E-state index is -0.611. The summed E-state index contributed by atoms with van der Waals surface area (Å²) in [5.74, 6) is -0.894. The van der Waals surface area contributed by atoms with E-state index in [0.717, 1.165) is 4.57 Å². The molecule has 0 aliphatic rings. The second kappa shape index (κ2) is 8.25. The van der Waals surface area contributed by atoms with Crippen LogP contribution in [0.4, 0.5) is 10.1 Å². The molecule has 4 aromatic rings. The molecule has 0 atom stereocenters. The second-order valence-corrected chi connectivity index (χ2v) is 7.86. The van der Waals surface area contributed by atoms with E-state index in [-0.39, 0.29) is 13.1 Å². The Labute approximate surface area is 178 Å². The molecular weight excluding hydrogens is 429 g/mol. The highest BCUT2D eigenvalue weighted by atomic mass is 35.5. The number of amides is 1. The average molecular weight is 444 g/mol. The predicted octanol–water partition coefficient (Wildman–Crippen LogP) is 3.70. The van der Waals surface area contributed by atoms with Gasteiger partial charge < -0.3 is 5.32 Å². The first-order chi connectivity index (χ1) is 14.4.